The fourth-order valence-corrected chi connectivity index (χ4v) is 3.34. The third-order valence-electron chi connectivity index (χ3n) is 4.35. The number of hydrogen-bond donors (Lipinski definition) is 1. The second-order valence-corrected chi connectivity index (χ2v) is 6.95. The molecule has 7 nitrogen and oxygen atoms in total. The van der Waals surface area contributed by atoms with Crippen LogP contribution in [0.1, 0.15) is 44.0 Å². The summed E-state index contributed by atoms with van der Waals surface area (Å²) in [6.07, 6.45) is 5.44. The largest absolute Gasteiger partial charge is 0.356 e. The molecule has 2 aromatic rings. The Bertz CT molecular complexity index is 728. The number of likely N-dealkylation sites (tertiary alicyclic amines) is 1. The smallest absolute Gasteiger partial charge is 0.234 e. The highest BCUT2D eigenvalue weighted by atomic mass is 16.5. The van der Waals surface area contributed by atoms with Crippen molar-refractivity contribution in [3.05, 3.63) is 30.0 Å². The number of carbonyl (C=O) groups excluding carboxylic acids is 1. The van der Waals surface area contributed by atoms with E-state index in [9.17, 15) is 4.79 Å². The highest BCUT2D eigenvalue weighted by Crippen LogP contribution is 2.32. The average Bonchev–Trinajstić information content (AvgIpc) is 3.00. The molecule has 0 aromatic carbocycles. The molecule has 134 valence electrons. The van der Waals surface area contributed by atoms with Crippen molar-refractivity contribution in [3.63, 3.8) is 0 Å². The van der Waals surface area contributed by atoms with Crippen molar-refractivity contribution < 1.29 is 9.32 Å². The van der Waals surface area contributed by atoms with Gasteiger partial charge >= 0.3 is 0 Å². The Morgan fingerprint density at radius 2 is 2.32 bits per heavy atom. The zero-order valence-corrected chi connectivity index (χ0v) is 15.0. The average molecular weight is 343 g/mol. The van der Waals surface area contributed by atoms with E-state index in [4.69, 9.17) is 4.52 Å². The lowest BCUT2D eigenvalue weighted by Crippen LogP contribution is -2.43. The minimum atomic E-state index is 0.0735. The zero-order chi connectivity index (χ0) is 17.8. The Kier molecular flexibility index (Phi) is 5.43. The monoisotopic (exact) mass is 343 g/mol. The molecule has 25 heavy (non-hydrogen) atoms. The van der Waals surface area contributed by atoms with E-state index in [-0.39, 0.29) is 17.9 Å². The molecule has 7 heteroatoms. The minimum absolute atomic E-state index is 0.0735. The lowest BCUT2D eigenvalue weighted by molar-refractivity contribution is -0.123. The molecule has 0 spiro atoms. The number of amides is 1. The third kappa shape index (κ3) is 4.42. The fraction of sp³-hybridized carbons (Fsp3) is 0.556. The van der Waals surface area contributed by atoms with Gasteiger partial charge in [0.25, 0.3) is 0 Å². The molecule has 1 atom stereocenters. The van der Waals surface area contributed by atoms with Gasteiger partial charge in [-0.15, -0.1) is 0 Å². The molecule has 0 bridgehead atoms. The Balaban J connectivity index is 1.75. The van der Waals surface area contributed by atoms with Crippen LogP contribution in [0, 0.1) is 6.92 Å². The van der Waals surface area contributed by atoms with Crippen LogP contribution in [0.15, 0.2) is 23.1 Å². The van der Waals surface area contributed by atoms with E-state index in [0.717, 1.165) is 42.9 Å². The number of nitrogens with one attached hydrogen (secondary N) is 1. The summed E-state index contributed by atoms with van der Waals surface area (Å²) in [7, 11) is 0. The zero-order valence-electron chi connectivity index (χ0n) is 15.0. The van der Waals surface area contributed by atoms with Gasteiger partial charge < -0.3 is 9.84 Å². The van der Waals surface area contributed by atoms with Gasteiger partial charge in [-0.2, -0.15) is 0 Å². The number of hydrogen-bond acceptors (Lipinski definition) is 6. The van der Waals surface area contributed by atoms with E-state index < -0.39 is 0 Å². The van der Waals surface area contributed by atoms with Crippen molar-refractivity contribution >= 4 is 5.91 Å². The molecule has 0 radical (unpaired) electrons. The van der Waals surface area contributed by atoms with Gasteiger partial charge in [-0.3, -0.25) is 9.69 Å². The van der Waals surface area contributed by atoms with E-state index >= 15 is 0 Å². The molecule has 3 heterocycles. The van der Waals surface area contributed by atoms with Crippen LogP contribution in [0.25, 0.3) is 11.3 Å². The molecule has 1 saturated heterocycles. The molecule has 3 rings (SSSR count). The van der Waals surface area contributed by atoms with Gasteiger partial charge in [0.2, 0.25) is 5.91 Å². The Morgan fingerprint density at radius 3 is 3.04 bits per heavy atom. The van der Waals surface area contributed by atoms with Crippen LogP contribution in [0.5, 0.6) is 0 Å². The molecular weight excluding hydrogens is 318 g/mol. The fourth-order valence-electron chi connectivity index (χ4n) is 3.34. The maximum Gasteiger partial charge on any atom is 0.234 e. The summed E-state index contributed by atoms with van der Waals surface area (Å²) in [6, 6.07) is 2.06. The Hall–Kier alpha value is -2.28. The van der Waals surface area contributed by atoms with Crippen LogP contribution in [-0.4, -0.2) is 51.6 Å². The Labute approximate surface area is 147 Å². The standard InChI is InChI=1S/C18H25N5O2/c1-12(2)21-17(24)10-23-6-4-5-14(9-23)18-15(8-19-11-20-18)16-7-13(3)22-25-16/h7-8,11-12,14H,4-6,9-10H2,1-3H3,(H,21,24). The number of rotatable bonds is 5. The highest BCUT2D eigenvalue weighted by molar-refractivity contribution is 5.78. The number of nitrogens with zero attached hydrogens (tertiary/aromatic N) is 4. The second-order valence-electron chi connectivity index (χ2n) is 6.95. The summed E-state index contributed by atoms with van der Waals surface area (Å²) in [5.41, 5.74) is 2.70. The van der Waals surface area contributed by atoms with E-state index in [1.807, 2.05) is 26.8 Å². The maximum atomic E-state index is 12.1. The van der Waals surface area contributed by atoms with Crippen molar-refractivity contribution in [1.82, 2.24) is 25.3 Å². The normalized spacial score (nSPS) is 18.5. The van der Waals surface area contributed by atoms with Crippen LogP contribution < -0.4 is 5.32 Å². The summed E-state index contributed by atoms with van der Waals surface area (Å²) in [5, 5.41) is 6.92. The third-order valence-corrected chi connectivity index (χ3v) is 4.35. The summed E-state index contributed by atoms with van der Waals surface area (Å²) < 4.78 is 5.41. The predicted octanol–water partition coefficient (Wildman–Crippen LogP) is 2.14. The number of aryl methyl sites for hydroxylation is 1. The first-order valence-electron chi connectivity index (χ1n) is 8.78. The molecular formula is C18H25N5O2. The SMILES string of the molecule is Cc1cc(-c2cncnc2C2CCCN(CC(=O)NC(C)C)C2)on1. The van der Waals surface area contributed by atoms with Crippen molar-refractivity contribution in [2.45, 2.75) is 45.6 Å². The highest BCUT2D eigenvalue weighted by Gasteiger charge is 2.27. The lowest BCUT2D eigenvalue weighted by Gasteiger charge is -2.32. The van der Waals surface area contributed by atoms with Gasteiger partial charge in [0.05, 0.1) is 23.5 Å². The summed E-state index contributed by atoms with van der Waals surface area (Å²) in [5.74, 6) is 1.02. The first-order valence-corrected chi connectivity index (χ1v) is 8.78. The van der Waals surface area contributed by atoms with E-state index in [0.29, 0.717) is 12.3 Å². The van der Waals surface area contributed by atoms with Crippen molar-refractivity contribution in [3.8, 4) is 11.3 Å². The maximum absolute atomic E-state index is 12.1. The van der Waals surface area contributed by atoms with Crippen LogP contribution in [-0.2, 0) is 4.79 Å². The topological polar surface area (TPSA) is 84.2 Å². The molecule has 1 N–H and O–H groups in total. The molecule has 2 aromatic heterocycles. The quantitative estimate of drug-likeness (QED) is 0.895. The van der Waals surface area contributed by atoms with Gasteiger partial charge in [-0.1, -0.05) is 5.16 Å². The number of carbonyl (C=O) groups is 1. The summed E-state index contributed by atoms with van der Waals surface area (Å²) >= 11 is 0. The number of aromatic nitrogens is 3. The Morgan fingerprint density at radius 1 is 1.48 bits per heavy atom. The molecule has 0 aliphatic carbocycles. The molecule has 1 amide bonds. The second kappa shape index (κ2) is 7.74. The van der Waals surface area contributed by atoms with Gasteiger partial charge in [-0.05, 0) is 40.2 Å². The van der Waals surface area contributed by atoms with Crippen molar-refractivity contribution in [2.75, 3.05) is 19.6 Å². The van der Waals surface area contributed by atoms with E-state index in [1.54, 1.807) is 12.5 Å². The number of piperidine rings is 1. The van der Waals surface area contributed by atoms with Gasteiger partial charge in [-0.25, -0.2) is 9.97 Å². The summed E-state index contributed by atoms with van der Waals surface area (Å²) in [4.78, 5) is 22.9. The molecule has 1 aliphatic heterocycles. The van der Waals surface area contributed by atoms with Crippen LogP contribution in [0.2, 0.25) is 0 Å². The van der Waals surface area contributed by atoms with Gasteiger partial charge in [0.15, 0.2) is 5.76 Å². The van der Waals surface area contributed by atoms with Crippen molar-refractivity contribution in [2.24, 2.45) is 0 Å². The molecule has 0 saturated carbocycles. The van der Waals surface area contributed by atoms with E-state index in [2.05, 4.69) is 25.3 Å². The van der Waals surface area contributed by atoms with Gasteiger partial charge in [0, 0.05) is 30.8 Å². The first-order chi connectivity index (χ1) is 12.0. The molecule has 1 fully saturated rings. The lowest BCUT2D eigenvalue weighted by atomic mass is 9.91. The van der Waals surface area contributed by atoms with Crippen LogP contribution in [0.3, 0.4) is 0 Å². The van der Waals surface area contributed by atoms with Crippen LogP contribution >= 0.6 is 0 Å². The first kappa shape index (κ1) is 17.5. The van der Waals surface area contributed by atoms with Crippen molar-refractivity contribution in [1.29, 1.82) is 0 Å². The van der Waals surface area contributed by atoms with Gasteiger partial charge in [0.1, 0.15) is 6.33 Å². The minimum Gasteiger partial charge on any atom is -0.356 e. The van der Waals surface area contributed by atoms with Crippen LogP contribution in [0.4, 0.5) is 0 Å². The van der Waals surface area contributed by atoms with E-state index in [1.165, 1.54) is 0 Å². The summed E-state index contributed by atoms with van der Waals surface area (Å²) in [6.45, 7) is 8.02. The molecule has 1 aliphatic rings. The predicted molar refractivity (Wildman–Crippen MR) is 94.0 cm³/mol. The molecule has 1 unspecified atom stereocenters.